The van der Waals surface area contributed by atoms with Crippen LogP contribution in [0.2, 0.25) is 0 Å². The van der Waals surface area contributed by atoms with Gasteiger partial charge in [-0.15, -0.1) is 11.3 Å². The van der Waals surface area contributed by atoms with Crippen molar-refractivity contribution in [1.82, 2.24) is 20.2 Å². The summed E-state index contributed by atoms with van der Waals surface area (Å²) < 4.78 is 0. The van der Waals surface area contributed by atoms with E-state index in [2.05, 4.69) is 15.3 Å². The number of amides is 2. The molecule has 2 amide bonds. The molecular weight excluding hydrogens is 312 g/mol. The maximum Gasteiger partial charge on any atom is 0.262 e. The molecule has 3 rings (SSSR count). The van der Waals surface area contributed by atoms with Crippen LogP contribution in [0, 0.1) is 20.8 Å². The molecule has 1 N–H and O–H groups in total. The van der Waals surface area contributed by atoms with Crippen molar-refractivity contribution in [3.05, 3.63) is 22.0 Å². The molecule has 0 aromatic carbocycles. The number of hydrogen-bond acceptors (Lipinski definition) is 5. The average molecular weight is 332 g/mol. The summed E-state index contributed by atoms with van der Waals surface area (Å²) in [7, 11) is 0. The summed E-state index contributed by atoms with van der Waals surface area (Å²) in [6.07, 6.45) is 2.10. The molecule has 7 heteroatoms. The largest absolute Gasteiger partial charge is 0.342 e. The predicted octanol–water partition coefficient (Wildman–Crippen LogP) is 1.97. The third-order valence-corrected chi connectivity index (χ3v) is 5.33. The molecule has 2 aromatic rings. The number of carbonyl (C=O) groups excluding carboxylic acids is 2. The number of thiophene rings is 1. The van der Waals surface area contributed by atoms with Crippen LogP contribution in [0.5, 0.6) is 0 Å². The van der Waals surface area contributed by atoms with Gasteiger partial charge in [0.1, 0.15) is 10.7 Å². The molecule has 1 fully saturated rings. The molecule has 0 saturated carbocycles. The van der Waals surface area contributed by atoms with Crippen molar-refractivity contribution in [2.24, 2.45) is 0 Å². The van der Waals surface area contributed by atoms with Gasteiger partial charge in [-0.25, -0.2) is 9.97 Å². The summed E-state index contributed by atoms with van der Waals surface area (Å²) in [5.41, 5.74) is 1.77. The summed E-state index contributed by atoms with van der Waals surface area (Å²) >= 11 is 1.36. The fraction of sp³-hybridized carbons (Fsp3) is 0.500. The predicted molar refractivity (Wildman–Crippen MR) is 89.8 cm³/mol. The normalized spacial score (nSPS) is 14.5. The van der Waals surface area contributed by atoms with Crippen LogP contribution in [0.15, 0.2) is 0 Å². The van der Waals surface area contributed by atoms with Crippen molar-refractivity contribution < 1.29 is 9.59 Å². The Bertz CT molecular complexity index is 778. The Kier molecular flexibility index (Phi) is 4.30. The molecule has 122 valence electrons. The minimum Gasteiger partial charge on any atom is -0.342 e. The van der Waals surface area contributed by atoms with Crippen molar-refractivity contribution in [2.45, 2.75) is 33.6 Å². The number of fused-ring (bicyclic) bond motifs is 1. The zero-order chi connectivity index (χ0) is 16.6. The van der Waals surface area contributed by atoms with Crippen LogP contribution >= 0.6 is 11.3 Å². The highest BCUT2D eigenvalue weighted by Crippen LogP contribution is 2.31. The summed E-state index contributed by atoms with van der Waals surface area (Å²) in [5, 5.41) is 3.68. The molecule has 0 spiro atoms. The maximum atomic E-state index is 12.4. The van der Waals surface area contributed by atoms with Crippen LogP contribution < -0.4 is 5.32 Å². The van der Waals surface area contributed by atoms with E-state index in [-0.39, 0.29) is 18.4 Å². The number of rotatable bonds is 3. The summed E-state index contributed by atoms with van der Waals surface area (Å²) in [6.45, 7) is 7.32. The number of nitrogens with zero attached hydrogens (tertiary/aromatic N) is 3. The van der Waals surface area contributed by atoms with Gasteiger partial charge < -0.3 is 10.2 Å². The van der Waals surface area contributed by atoms with Crippen molar-refractivity contribution in [3.8, 4) is 0 Å². The van der Waals surface area contributed by atoms with Crippen molar-refractivity contribution >= 4 is 33.4 Å². The monoisotopic (exact) mass is 332 g/mol. The molecule has 1 aliphatic rings. The molecule has 3 heterocycles. The first-order chi connectivity index (χ1) is 11.0. The zero-order valence-electron chi connectivity index (χ0n) is 13.6. The minimum absolute atomic E-state index is 0.0126. The van der Waals surface area contributed by atoms with Crippen LogP contribution in [0.4, 0.5) is 0 Å². The highest BCUT2D eigenvalue weighted by Gasteiger charge is 2.21. The van der Waals surface area contributed by atoms with E-state index in [4.69, 9.17) is 0 Å². The second kappa shape index (κ2) is 6.23. The molecule has 0 aliphatic carbocycles. The molecule has 0 bridgehead atoms. The highest BCUT2D eigenvalue weighted by molar-refractivity contribution is 7.20. The van der Waals surface area contributed by atoms with E-state index in [1.165, 1.54) is 11.3 Å². The SMILES string of the molecule is Cc1nc(C)c2c(C)c(C(=O)NCC(=O)N3CCCC3)sc2n1. The van der Waals surface area contributed by atoms with Gasteiger partial charge in [0.05, 0.1) is 11.4 Å². The van der Waals surface area contributed by atoms with Crippen LogP contribution in [0.25, 0.3) is 10.2 Å². The van der Waals surface area contributed by atoms with E-state index < -0.39 is 0 Å². The van der Waals surface area contributed by atoms with Gasteiger partial charge in [-0.05, 0) is 39.2 Å². The fourth-order valence-corrected chi connectivity index (χ4v) is 4.20. The third kappa shape index (κ3) is 3.06. The molecule has 23 heavy (non-hydrogen) atoms. The van der Waals surface area contributed by atoms with Crippen molar-refractivity contribution in [2.75, 3.05) is 19.6 Å². The van der Waals surface area contributed by atoms with E-state index in [1.807, 2.05) is 20.8 Å². The molecule has 1 aliphatic heterocycles. The lowest BCUT2D eigenvalue weighted by atomic mass is 10.1. The number of aromatic nitrogens is 2. The molecule has 1 saturated heterocycles. The van der Waals surface area contributed by atoms with Crippen LogP contribution in [-0.2, 0) is 4.79 Å². The van der Waals surface area contributed by atoms with Gasteiger partial charge in [-0.2, -0.15) is 0 Å². The first-order valence-corrected chi connectivity index (χ1v) is 8.59. The Labute approximate surface area is 138 Å². The minimum atomic E-state index is -0.213. The third-order valence-electron chi connectivity index (χ3n) is 4.15. The Balaban J connectivity index is 1.77. The molecule has 0 radical (unpaired) electrons. The summed E-state index contributed by atoms with van der Waals surface area (Å²) in [6, 6.07) is 0. The van der Waals surface area contributed by atoms with E-state index in [0.29, 0.717) is 10.7 Å². The van der Waals surface area contributed by atoms with Crippen LogP contribution in [-0.4, -0.2) is 46.3 Å². The number of carbonyl (C=O) groups is 2. The molecule has 0 atom stereocenters. The lowest BCUT2D eigenvalue weighted by Gasteiger charge is -2.15. The number of aryl methyl sites for hydroxylation is 3. The highest BCUT2D eigenvalue weighted by atomic mass is 32.1. The van der Waals surface area contributed by atoms with Gasteiger partial charge in [0.25, 0.3) is 5.91 Å². The molecular formula is C16H20N4O2S. The summed E-state index contributed by atoms with van der Waals surface area (Å²) in [4.78, 5) is 36.5. The lowest BCUT2D eigenvalue weighted by molar-refractivity contribution is -0.129. The van der Waals surface area contributed by atoms with Gasteiger partial charge in [-0.3, -0.25) is 9.59 Å². The van der Waals surface area contributed by atoms with Gasteiger partial charge in [-0.1, -0.05) is 0 Å². The quantitative estimate of drug-likeness (QED) is 0.932. The van der Waals surface area contributed by atoms with Crippen LogP contribution in [0.1, 0.15) is 39.6 Å². The standard InChI is InChI=1S/C16H20N4O2S/c1-9-13-10(2)18-11(3)19-16(13)23-14(9)15(22)17-8-12(21)20-6-4-5-7-20/h4-8H2,1-3H3,(H,17,22). The smallest absolute Gasteiger partial charge is 0.262 e. The molecule has 0 unspecified atom stereocenters. The Morgan fingerprint density at radius 2 is 1.87 bits per heavy atom. The van der Waals surface area contributed by atoms with Crippen molar-refractivity contribution in [1.29, 1.82) is 0 Å². The van der Waals surface area contributed by atoms with Gasteiger partial charge in [0, 0.05) is 24.2 Å². The van der Waals surface area contributed by atoms with E-state index in [1.54, 1.807) is 4.90 Å². The van der Waals surface area contributed by atoms with Gasteiger partial charge in [0.2, 0.25) is 5.91 Å². The molecule has 2 aromatic heterocycles. The van der Waals surface area contributed by atoms with E-state index in [9.17, 15) is 9.59 Å². The number of hydrogen-bond donors (Lipinski definition) is 1. The van der Waals surface area contributed by atoms with E-state index >= 15 is 0 Å². The Morgan fingerprint density at radius 1 is 1.17 bits per heavy atom. The first-order valence-electron chi connectivity index (χ1n) is 7.77. The van der Waals surface area contributed by atoms with Crippen molar-refractivity contribution in [3.63, 3.8) is 0 Å². The first kappa shape index (κ1) is 15.9. The maximum absolute atomic E-state index is 12.4. The van der Waals surface area contributed by atoms with Crippen LogP contribution in [0.3, 0.4) is 0 Å². The number of likely N-dealkylation sites (tertiary alicyclic amines) is 1. The average Bonchev–Trinajstić information content (AvgIpc) is 3.12. The zero-order valence-corrected chi connectivity index (χ0v) is 14.4. The Hall–Kier alpha value is -2.02. The van der Waals surface area contributed by atoms with E-state index in [0.717, 1.165) is 47.4 Å². The Morgan fingerprint density at radius 3 is 2.57 bits per heavy atom. The second-order valence-corrected chi connectivity index (χ2v) is 6.86. The second-order valence-electron chi connectivity index (χ2n) is 5.86. The molecule has 6 nitrogen and oxygen atoms in total. The van der Waals surface area contributed by atoms with Gasteiger partial charge in [0.15, 0.2) is 0 Å². The fourth-order valence-electron chi connectivity index (χ4n) is 3.00. The summed E-state index contributed by atoms with van der Waals surface area (Å²) in [5.74, 6) is 0.476. The topological polar surface area (TPSA) is 75.2 Å². The lowest BCUT2D eigenvalue weighted by Crippen LogP contribution is -2.38. The number of nitrogens with one attached hydrogen (secondary N) is 1. The van der Waals surface area contributed by atoms with Gasteiger partial charge >= 0.3 is 0 Å².